The minimum absolute atomic E-state index is 0.121. The summed E-state index contributed by atoms with van der Waals surface area (Å²) in [7, 11) is 0. The minimum atomic E-state index is -0.968. The molecule has 0 saturated carbocycles. The van der Waals surface area contributed by atoms with E-state index in [1.165, 1.54) is 18.3 Å². The van der Waals surface area contributed by atoms with Gasteiger partial charge in [0.05, 0.1) is 5.56 Å². The molecule has 1 rings (SSSR count). The number of benzene rings is 1. The molecule has 0 heterocycles. The fourth-order valence-corrected chi connectivity index (χ4v) is 1.01. The largest absolute Gasteiger partial charge is 0.624 e. The zero-order chi connectivity index (χ0) is 11.4. The van der Waals surface area contributed by atoms with Crippen molar-refractivity contribution in [2.75, 3.05) is 0 Å². The molecule has 4 heteroatoms. The quantitative estimate of drug-likeness (QED) is 0.355. The molecule has 1 N–H and O–H groups in total. The summed E-state index contributed by atoms with van der Waals surface area (Å²) in [4.78, 5) is 10.6. The summed E-state index contributed by atoms with van der Waals surface area (Å²) in [6.07, 6.45) is 1.44. The second-order valence-corrected chi connectivity index (χ2v) is 3.51. The van der Waals surface area contributed by atoms with E-state index in [0.717, 1.165) is 4.74 Å². The molecule has 0 unspecified atom stereocenters. The van der Waals surface area contributed by atoms with Gasteiger partial charge in [-0.1, -0.05) is 0 Å². The molecule has 1 aromatic rings. The van der Waals surface area contributed by atoms with Crippen LogP contribution in [0, 0.1) is 5.21 Å². The Morgan fingerprint density at radius 1 is 1.40 bits per heavy atom. The Kier molecular flexibility index (Phi) is 3.44. The Bertz CT molecular complexity index is 379. The monoisotopic (exact) mass is 207 g/mol. The maximum absolute atomic E-state index is 11.3. The first-order valence-electron chi connectivity index (χ1n) is 4.64. The van der Waals surface area contributed by atoms with Crippen LogP contribution < -0.4 is 0 Å². The summed E-state index contributed by atoms with van der Waals surface area (Å²) in [6, 6.07) is 6.04. The van der Waals surface area contributed by atoms with Gasteiger partial charge in [-0.05, 0) is 38.1 Å². The molecular formula is C11H13NO3. The maximum Gasteiger partial charge on any atom is 0.335 e. The molecular weight excluding hydrogens is 194 g/mol. The molecule has 0 radical (unpaired) electrons. The van der Waals surface area contributed by atoms with Crippen LogP contribution in [0.2, 0.25) is 0 Å². The van der Waals surface area contributed by atoms with Crippen LogP contribution in [0.15, 0.2) is 24.3 Å². The molecule has 0 bridgehead atoms. The van der Waals surface area contributed by atoms with E-state index in [1.54, 1.807) is 26.0 Å². The van der Waals surface area contributed by atoms with Crippen LogP contribution >= 0.6 is 0 Å². The molecule has 15 heavy (non-hydrogen) atoms. The number of carbonyl (C=O) groups is 1. The van der Waals surface area contributed by atoms with Crippen LogP contribution in [0.3, 0.4) is 0 Å². The lowest BCUT2D eigenvalue weighted by Gasteiger charge is -2.06. The predicted molar refractivity (Wildman–Crippen MR) is 57.3 cm³/mol. The number of nitrogens with zero attached hydrogens (tertiary/aromatic N) is 1. The van der Waals surface area contributed by atoms with Gasteiger partial charge in [-0.25, -0.2) is 9.53 Å². The van der Waals surface area contributed by atoms with E-state index in [0.29, 0.717) is 5.56 Å². The molecule has 0 atom stereocenters. The Morgan fingerprint density at radius 3 is 2.33 bits per heavy atom. The molecule has 80 valence electrons. The lowest BCUT2D eigenvalue weighted by atomic mass is 10.1. The summed E-state index contributed by atoms with van der Waals surface area (Å²) in [5.41, 5.74) is 0.915. The van der Waals surface area contributed by atoms with Gasteiger partial charge in [-0.2, -0.15) is 0 Å². The van der Waals surface area contributed by atoms with E-state index in [1.807, 2.05) is 0 Å². The predicted octanol–water partition coefficient (Wildman–Crippen LogP) is 1.72. The van der Waals surface area contributed by atoms with E-state index in [-0.39, 0.29) is 11.6 Å². The third-order valence-corrected chi connectivity index (χ3v) is 1.94. The number of hydrogen-bond donors (Lipinski definition) is 1. The van der Waals surface area contributed by atoms with Gasteiger partial charge < -0.3 is 10.3 Å². The van der Waals surface area contributed by atoms with E-state index >= 15 is 0 Å². The molecule has 0 aliphatic rings. The zero-order valence-corrected chi connectivity index (χ0v) is 8.68. The van der Waals surface area contributed by atoms with Crippen LogP contribution in [-0.2, 0) is 0 Å². The van der Waals surface area contributed by atoms with Crippen molar-refractivity contribution < 1.29 is 14.6 Å². The molecule has 4 nitrogen and oxygen atoms in total. The first kappa shape index (κ1) is 11.2. The average Bonchev–Trinajstić information content (AvgIpc) is 2.18. The minimum Gasteiger partial charge on any atom is -0.624 e. The van der Waals surface area contributed by atoms with Gasteiger partial charge in [0.25, 0.3) is 0 Å². The number of aromatic carboxylic acids is 1. The number of hydroxylamine groups is 1. The second-order valence-electron chi connectivity index (χ2n) is 3.51. The first-order chi connectivity index (χ1) is 7.00. The highest BCUT2D eigenvalue weighted by Crippen LogP contribution is 2.02. The third-order valence-electron chi connectivity index (χ3n) is 1.94. The lowest BCUT2D eigenvalue weighted by Crippen LogP contribution is -2.14. The summed E-state index contributed by atoms with van der Waals surface area (Å²) >= 11 is 0. The summed E-state index contributed by atoms with van der Waals surface area (Å²) < 4.78 is 0.829. The van der Waals surface area contributed by atoms with Gasteiger partial charge in [0.1, 0.15) is 0 Å². The van der Waals surface area contributed by atoms with Crippen molar-refractivity contribution >= 4 is 12.2 Å². The van der Waals surface area contributed by atoms with Gasteiger partial charge in [-0.15, -0.1) is 0 Å². The van der Waals surface area contributed by atoms with Crippen molar-refractivity contribution in [1.82, 2.24) is 0 Å². The highest BCUT2D eigenvalue weighted by molar-refractivity contribution is 5.88. The van der Waals surface area contributed by atoms with E-state index in [4.69, 9.17) is 5.11 Å². The van der Waals surface area contributed by atoms with Gasteiger partial charge in [-0.3, -0.25) is 0 Å². The van der Waals surface area contributed by atoms with Gasteiger partial charge >= 0.3 is 5.97 Å². The SMILES string of the molecule is CC(C)[N+]([O-])=Cc1ccc(C(=O)O)cc1. The van der Waals surface area contributed by atoms with Crippen molar-refractivity contribution in [3.05, 3.63) is 40.6 Å². The van der Waals surface area contributed by atoms with Crippen LogP contribution in [0.25, 0.3) is 0 Å². The Morgan fingerprint density at radius 2 is 1.93 bits per heavy atom. The van der Waals surface area contributed by atoms with E-state index < -0.39 is 5.97 Å². The van der Waals surface area contributed by atoms with Gasteiger partial charge in [0.15, 0.2) is 12.3 Å². The van der Waals surface area contributed by atoms with Crippen LogP contribution in [0.1, 0.15) is 29.8 Å². The molecule has 0 aromatic heterocycles. The maximum atomic E-state index is 11.3. The Labute approximate surface area is 88.1 Å². The van der Waals surface area contributed by atoms with E-state index in [9.17, 15) is 10.0 Å². The molecule has 0 aliphatic heterocycles. The van der Waals surface area contributed by atoms with Crippen molar-refractivity contribution in [1.29, 1.82) is 0 Å². The first-order valence-corrected chi connectivity index (χ1v) is 4.64. The summed E-state index contributed by atoms with van der Waals surface area (Å²) in [5.74, 6) is -0.968. The zero-order valence-electron chi connectivity index (χ0n) is 8.68. The van der Waals surface area contributed by atoms with Crippen LogP contribution in [0.5, 0.6) is 0 Å². The fourth-order valence-electron chi connectivity index (χ4n) is 1.01. The number of carboxylic acid groups (broad SMARTS) is 1. The number of rotatable bonds is 3. The lowest BCUT2D eigenvalue weighted by molar-refractivity contribution is -0.487. The highest BCUT2D eigenvalue weighted by Gasteiger charge is 2.03. The highest BCUT2D eigenvalue weighted by atomic mass is 16.5. The summed E-state index contributed by atoms with van der Waals surface area (Å²) in [6.45, 7) is 3.57. The van der Waals surface area contributed by atoms with Crippen molar-refractivity contribution in [2.24, 2.45) is 0 Å². The molecule has 0 saturated heterocycles. The van der Waals surface area contributed by atoms with Gasteiger partial charge in [0.2, 0.25) is 0 Å². The molecule has 1 aromatic carbocycles. The molecule has 0 amide bonds. The average molecular weight is 207 g/mol. The molecule has 0 aliphatic carbocycles. The molecule has 0 spiro atoms. The van der Waals surface area contributed by atoms with Crippen molar-refractivity contribution in [3.63, 3.8) is 0 Å². The van der Waals surface area contributed by atoms with Crippen molar-refractivity contribution in [3.8, 4) is 0 Å². The topological polar surface area (TPSA) is 63.4 Å². The fraction of sp³-hybridized carbons (Fsp3) is 0.273. The number of hydrogen-bond acceptors (Lipinski definition) is 2. The standard InChI is InChI=1S/C11H13NO3/c1-8(2)12(15)7-9-3-5-10(6-4-9)11(13)14/h3-8H,1-2H3,(H,13,14). The van der Waals surface area contributed by atoms with Crippen LogP contribution in [0.4, 0.5) is 0 Å². The smallest absolute Gasteiger partial charge is 0.335 e. The Balaban J connectivity index is 2.90. The van der Waals surface area contributed by atoms with Crippen molar-refractivity contribution in [2.45, 2.75) is 19.9 Å². The van der Waals surface area contributed by atoms with E-state index in [2.05, 4.69) is 0 Å². The second kappa shape index (κ2) is 4.59. The van der Waals surface area contributed by atoms with Crippen LogP contribution in [-0.4, -0.2) is 28.1 Å². The van der Waals surface area contributed by atoms with Gasteiger partial charge in [0, 0.05) is 5.56 Å². The summed E-state index contributed by atoms with van der Waals surface area (Å²) in [5, 5.41) is 19.9. The third kappa shape index (κ3) is 3.09. The normalized spacial score (nSPS) is 11.8. The number of carboxylic acids is 1. The Hall–Kier alpha value is -1.84. The molecule has 0 fully saturated rings.